The third-order valence-electron chi connectivity index (χ3n) is 3.98. The zero-order valence-electron chi connectivity index (χ0n) is 13.9. The Kier molecular flexibility index (Phi) is 4.26. The minimum Gasteiger partial charge on any atom is -0.348 e. The SMILES string of the molecule is O=C(NCc1cccc(-n2cccn2)c1)c1ccccc1-n1cnnc1. The van der Waals surface area contributed by atoms with Crippen molar-refractivity contribution in [1.82, 2.24) is 29.9 Å². The van der Waals surface area contributed by atoms with Crippen molar-refractivity contribution in [3.63, 3.8) is 0 Å². The first-order chi connectivity index (χ1) is 12.8. The van der Waals surface area contributed by atoms with Crippen LogP contribution >= 0.6 is 0 Å². The fourth-order valence-electron chi connectivity index (χ4n) is 2.72. The molecule has 0 radical (unpaired) electrons. The summed E-state index contributed by atoms with van der Waals surface area (Å²) in [6.45, 7) is 0.421. The Hall–Kier alpha value is -3.74. The van der Waals surface area contributed by atoms with Gasteiger partial charge in [-0.1, -0.05) is 24.3 Å². The zero-order chi connectivity index (χ0) is 17.8. The van der Waals surface area contributed by atoms with Gasteiger partial charge in [0.25, 0.3) is 5.91 Å². The number of amides is 1. The fraction of sp³-hybridized carbons (Fsp3) is 0.0526. The second kappa shape index (κ2) is 7.02. The number of carbonyl (C=O) groups is 1. The maximum atomic E-state index is 12.7. The van der Waals surface area contributed by atoms with E-state index in [0.717, 1.165) is 16.9 Å². The summed E-state index contributed by atoms with van der Waals surface area (Å²) in [5.41, 5.74) is 3.25. The number of benzene rings is 2. The van der Waals surface area contributed by atoms with Crippen LogP contribution in [0.25, 0.3) is 11.4 Å². The van der Waals surface area contributed by atoms with Crippen molar-refractivity contribution in [2.24, 2.45) is 0 Å². The molecule has 0 fully saturated rings. The quantitative estimate of drug-likeness (QED) is 0.603. The average molecular weight is 344 g/mol. The minimum atomic E-state index is -0.154. The van der Waals surface area contributed by atoms with Crippen LogP contribution in [0.15, 0.2) is 79.6 Å². The van der Waals surface area contributed by atoms with Crippen molar-refractivity contribution >= 4 is 5.91 Å². The maximum Gasteiger partial charge on any atom is 0.253 e. The van der Waals surface area contributed by atoms with E-state index in [-0.39, 0.29) is 5.91 Å². The van der Waals surface area contributed by atoms with Gasteiger partial charge in [0.2, 0.25) is 0 Å². The van der Waals surface area contributed by atoms with E-state index in [2.05, 4.69) is 20.6 Å². The Morgan fingerprint density at radius 1 is 1.00 bits per heavy atom. The second-order valence-corrected chi connectivity index (χ2v) is 5.69. The van der Waals surface area contributed by atoms with Gasteiger partial charge in [-0.3, -0.25) is 9.36 Å². The van der Waals surface area contributed by atoms with Crippen LogP contribution in [0.5, 0.6) is 0 Å². The van der Waals surface area contributed by atoms with Gasteiger partial charge in [0.15, 0.2) is 0 Å². The summed E-state index contributed by atoms with van der Waals surface area (Å²) in [7, 11) is 0. The summed E-state index contributed by atoms with van der Waals surface area (Å²) in [5, 5.41) is 14.8. The average Bonchev–Trinajstić information content (AvgIpc) is 3.40. The van der Waals surface area contributed by atoms with E-state index in [0.29, 0.717) is 12.1 Å². The lowest BCUT2D eigenvalue weighted by atomic mass is 10.1. The van der Waals surface area contributed by atoms with Gasteiger partial charge < -0.3 is 5.32 Å². The Balaban J connectivity index is 1.51. The van der Waals surface area contributed by atoms with Crippen LogP contribution in [-0.2, 0) is 6.54 Å². The molecule has 0 aliphatic heterocycles. The maximum absolute atomic E-state index is 12.7. The summed E-state index contributed by atoms with van der Waals surface area (Å²) < 4.78 is 3.50. The van der Waals surface area contributed by atoms with Crippen LogP contribution in [-0.4, -0.2) is 30.5 Å². The number of para-hydroxylation sites is 1. The molecule has 0 spiro atoms. The molecule has 2 aromatic heterocycles. The summed E-state index contributed by atoms with van der Waals surface area (Å²) in [6, 6.07) is 17.1. The standard InChI is InChI=1S/C19H16N6O/c26-19(17-7-1-2-8-18(17)24-13-21-22-14-24)20-12-15-5-3-6-16(11-15)25-10-4-9-23-25/h1-11,13-14H,12H2,(H,20,26). The van der Waals surface area contributed by atoms with Crippen LogP contribution in [0.3, 0.4) is 0 Å². The van der Waals surface area contributed by atoms with Crippen LogP contribution in [0, 0.1) is 0 Å². The fourth-order valence-corrected chi connectivity index (χ4v) is 2.72. The molecular weight excluding hydrogens is 328 g/mol. The van der Waals surface area contributed by atoms with Crippen molar-refractivity contribution in [1.29, 1.82) is 0 Å². The van der Waals surface area contributed by atoms with E-state index < -0.39 is 0 Å². The van der Waals surface area contributed by atoms with Gasteiger partial charge in [-0.2, -0.15) is 5.10 Å². The molecule has 26 heavy (non-hydrogen) atoms. The highest BCUT2D eigenvalue weighted by Gasteiger charge is 2.12. The number of hydrogen-bond acceptors (Lipinski definition) is 4. The Bertz CT molecular complexity index is 1010. The van der Waals surface area contributed by atoms with Gasteiger partial charge in [-0.25, -0.2) is 4.68 Å². The third kappa shape index (κ3) is 3.23. The third-order valence-corrected chi connectivity index (χ3v) is 3.98. The number of nitrogens with one attached hydrogen (secondary N) is 1. The molecule has 128 valence electrons. The Morgan fingerprint density at radius 2 is 1.85 bits per heavy atom. The Labute approximate surface area is 149 Å². The van der Waals surface area contributed by atoms with Gasteiger partial charge in [-0.05, 0) is 35.9 Å². The summed E-state index contributed by atoms with van der Waals surface area (Å²) in [6.07, 6.45) is 6.75. The first kappa shape index (κ1) is 15.8. The number of carbonyl (C=O) groups excluding carboxylic acids is 1. The lowest BCUT2D eigenvalue weighted by Gasteiger charge is -2.11. The number of nitrogens with zero attached hydrogens (tertiary/aromatic N) is 5. The van der Waals surface area contributed by atoms with Crippen molar-refractivity contribution in [3.05, 3.63) is 90.8 Å². The molecule has 1 N–H and O–H groups in total. The molecule has 7 nitrogen and oxygen atoms in total. The molecule has 7 heteroatoms. The highest BCUT2D eigenvalue weighted by molar-refractivity contribution is 5.97. The van der Waals surface area contributed by atoms with Gasteiger partial charge in [-0.15, -0.1) is 10.2 Å². The molecule has 2 heterocycles. The summed E-state index contributed by atoms with van der Waals surface area (Å²) >= 11 is 0. The lowest BCUT2D eigenvalue weighted by molar-refractivity contribution is 0.0951. The molecular formula is C19H16N6O. The van der Waals surface area contributed by atoms with Gasteiger partial charge in [0.1, 0.15) is 12.7 Å². The summed E-state index contributed by atoms with van der Waals surface area (Å²) in [4.78, 5) is 12.7. The highest BCUT2D eigenvalue weighted by Crippen LogP contribution is 2.14. The topological polar surface area (TPSA) is 77.6 Å². The van der Waals surface area contributed by atoms with Crippen molar-refractivity contribution in [3.8, 4) is 11.4 Å². The van der Waals surface area contributed by atoms with E-state index in [4.69, 9.17) is 0 Å². The molecule has 0 unspecified atom stereocenters. The van der Waals surface area contributed by atoms with E-state index in [1.165, 1.54) is 0 Å². The largest absolute Gasteiger partial charge is 0.348 e. The first-order valence-electron chi connectivity index (χ1n) is 8.12. The zero-order valence-corrected chi connectivity index (χ0v) is 13.9. The highest BCUT2D eigenvalue weighted by atomic mass is 16.1. The molecule has 4 aromatic rings. The Morgan fingerprint density at radius 3 is 2.65 bits per heavy atom. The van der Waals surface area contributed by atoms with Gasteiger partial charge in [0.05, 0.1) is 16.9 Å². The van der Waals surface area contributed by atoms with Crippen LogP contribution in [0.2, 0.25) is 0 Å². The van der Waals surface area contributed by atoms with E-state index in [9.17, 15) is 4.79 Å². The predicted molar refractivity (Wildman–Crippen MR) is 96.1 cm³/mol. The molecule has 0 saturated carbocycles. The van der Waals surface area contributed by atoms with E-state index >= 15 is 0 Å². The van der Waals surface area contributed by atoms with Crippen LogP contribution in [0.1, 0.15) is 15.9 Å². The second-order valence-electron chi connectivity index (χ2n) is 5.69. The molecule has 0 atom stereocenters. The molecule has 4 rings (SSSR count). The number of aromatic nitrogens is 5. The molecule has 2 aromatic carbocycles. The monoisotopic (exact) mass is 344 g/mol. The molecule has 1 amide bonds. The van der Waals surface area contributed by atoms with E-state index in [1.54, 1.807) is 34.2 Å². The molecule has 0 bridgehead atoms. The van der Waals surface area contributed by atoms with Crippen molar-refractivity contribution in [2.75, 3.05) is 0 Å². The number of hydrogen-bond donors (Lipinski definition) is 1. The van der Waals surface area contributed by atoms with Crippen LogP contribution in [0.4, 0.5) is 0 Å². The normalized spacial score (nSPS) is 10.6. The van der Waals surface area contributed by atoms with Gasteiger partial charge >= 0.3 is 0 Å². The van der Waals surface area contributed by atoms with Gasteiger partial charge in [0, 0.05) is 18.9 Å². The first-order valence-corrected chi connectivity index (χ1v) is 8.12. The molecule has 0 saturated heterocycles. The molecule has 0 aliphatic rings. The van der Waals surface area contributed by atoms with Crippen LogP contribution < -0.4 is 5.32 Å². The predicted octanol–water partition coefficient (Wildman–Crippen LogP) is 2.38. The van der Waals surface area contributed by atoms with Crippen molar-refractivity contribution < 1.29 is 4.79 Å². The lowest BCUT2D eigenvalue weighted by Crippen LogP contribution is -2.24. The minimum absolute atomic E-state index is 0.154. The number of rotatable bonds is 5. The molecule has 0 aliphatic carbocycles. The smallest absolute Gasteiger partial charge is 0.253 e. The summed E-state index contributed by atoms with van der Waals surface area (Å²) in [5.74, 6) is -0.154. The van der Waals surface area contributed by atoms with E-state index in [1.807, 2.05) is 54.7 Å². The van der Waals surface area contributed by atoms with Crippen molar-refractivity contribution in [2.45, 2.75) is 6.54 Å².